The van der Waals surface area contributed by atoms with Gasteiger partial charge in [0.05, 0.1) is 13.1 Å². The summed E-state index contributed by atoms with van der Waals surface area (Å²) in [4.78, 5) is 13.4. The minimum atomic E-state index is -4.29. The van der Waals surface area contributed by atoms with Gasteiger partial charge in [0, 0.05) is 11.6 Å². The number of carbonyl (C=O) groups excluding carboxylic acids is 1. The first-order valence-corrected chi connectivity index (χ1v) is 7.22. The third kappa shape index (κ3) is 4.30. The van der Waals surface area contributed by atoms with Crippen LogP contribution in [0.3, 0.4) is 0 Å². The standard InChI is InChI=1S/C16H20F3NO/c1-11(2)20(10-16(17,18)19)9-15(21)14-7-6-12-4-3-5-13(12)8-14/h6-8,11H,3-5,9-10H2,1-2H3. The molecule has 5 heteroatoms. The molecule has 0 radical (unpaired) electrons. The molecule has 0 heterocycles. The Morgan fingerprint density at radius 1 is 1.24 bits per heavy atom. The Kier molecular flexibility index (Phi) is 4.71. The van der Waals surface area contributed by atoms with Crippen molar-refractivity contribution in [2.24, 2.45) is 0 Å². The SMILES string of the molecule is CC(C)N(CC(=O)c1ccc2c(c1)CCC2)CC(F)(F)F. The summed E-state index contributed by atoms with van der Waals surface area (Å²) < 4.78 is 37.6. The molecule has 0 amide bonds. The van der Waals surface area contributed by atoms with Gasteiger partial charge in [0.25, 0.3) is 0 Å². The summed E-state index contributed by atoms with van der Waals surface area (Å²) in [5.41, 5.74) is 2.93. The van der Waals surface area contributed by atoms with Crippen LogP contribution in [0.4, 0.5) is 13.2 Å². The Balaban J connectivity index is 2.08. The molecule has 0 unspecified atom stereocenters. The lowest BCUT2D eigenvalue weighted by molar-refractivity contribution is -0.148. The Hall–Kier alpha value is -1.36. The molecule has 0 fully saturated rings. The molecule has 116 valence electrons. The number of Topliss-reactive ketones (excluding diaryl/α,β-unsaturated/α-hetero) is 1. The molecule has 2 rings (SSSR count). The minimum absolute atomic E-state index is 0.198. The lowest BCUT2D eigenvalue weighted by atomic mass is 10.0. The van der Waals surface area contributed by atoms with E-state index in [2.05, 4.69) is 0 Å². The Labute approximate surface area is 122 Å². The van der Waals surface area contributed by atoms with Crippen LogP contribution in [0.1, 0.15) is 41.8 Å². The van der Waals surface area contributed by atoms with Crippen molar-refractivity contribution in [3.05, 3.63) is 34.9 Å². The molecule has 0 N–H and O–H groups in total. The smallest absolute Gasteiger partial charge is 0.293 e. The van der Waals surface area contributed by atoms with Crippen molar-refractivity contribution in [1.82, 2.24) is 4.90 Å². The number of alkyl halides is 3. The normalized spacial score (nSPS) is 14.8. The number of aryl methyl sites for hydroxylation is 2. The highest BCUT2D eigenvalue weighted by Gasteiger charge is 2.32. The molecule has 0 bridgehead atoms. The number of hydrogen-bond acceptors (Lipinski definition) is 2. The molecule has 0 atom stereocenters. The fourth-order valence-corrected chi connectivity index (χ4v) is 2.67. The minimum Gasteiger partial charge on any atom is -0.293 e. The van der Waals surface area contributed by atoms with Crippen LogP contribution in [0.25, 0.3) is 0 Å². The average Bonchev–Trinajstić information content (AvgIpc) is 2.83. The third-order valence-corrected chi connectivity index (χ3v) is 3.88. The number of fused-ring (bicyclic) bond motifs is 1. The zero-order valence-electron chi connectivity index (χ0n) is 12.3. The number of benzene rings is 1. The lowest BCUT2D eigenvalue weighted by Gasteiger charge is -2.26. The predicted molar refractivity (Wildman–Crippen MR) is 75.6 cm³/mol. The van der Waals surface area contributed by atoms with E-state index >= 15 is 0 Å². The second-order valence-corrected chi connectivity index (χ2v) is 5.87. The maximum Gasteiger partial charge on any atom is 0.401 e. The number of rotatable bonds is 5. The molecule has 1 aliphatic carbocycles. The lowest BCUT2D eigenvalue weighted by Crippen LogP contribution is -2.42. The summed E-state index contributed by atoms with van der Waals surface area (Å²) in [5, 5.41) is 0. The molecule has 1 aromatic carbocycles. The van der Waals surface area contributed by atoms with Crippen molar-refractivity contribution >= 4 is 5.78 Å². The molecule has 1 aromatic rings. The topological polar surface area (TPSA) is 20.3 Å². The van der Waals surface area contributed by atoms with Crippen molar-refractivity contribution < 1.29 is 18.0 Å². The van der Waals surface area contributed by atoms with Crippen molar-refractivity contribution in [3.8, 4) is 0 Å². The summed E-state index contributed by atoms with van der Waals surface area (Å²) in [7, 11) is 0. The molecule has 0 saturated heterocycles. The van der Waals surface area contributed by atoms with Crippen molar-refractivity contribution in [2.45, 2.75) is 45.3 Å². The molecule has 0 aromatic heterocycles. The molecule has 2 nitrogen and oxygen atoms in total. The Morgan fingerprint density at radius 2 is 1.90 bits per heavy atom. The zero-order valence-corrected chi connectivity index (χ0v) is 12.3. The largest absolute Gasteiger partial charge is 0.401 e. The number of hydrogen-bond donors (Lipinski definition) is 0. The number of nitrogens with zero attached hydrogens (tertiary/aromatic N) is 1. The first-order valence-electron chi connectivity index (χ1n) is 7.22. The van der Waals surface area contributed by atoms with E-state index in [0.29, 0.717) is 5.56 Å². The van der Waals surface area contributed by atoms with Gasteiger partial charge < -0.3 is 0 Å². The monoisotopic (exact) mass is 299 g/mol. The first-order chi connectivity index (χ1) is 9.76. The predicted octanol–water partition coefficient (Wildman–Crippen LogP) is 3.63. The van der Waals surface area contributed by atoms with E-state index in [4.69, 9.17) is 0 Å². The highest BCUT2D eigenvalue weighted by Crippen LogP contribution is 2.23. The molecule has 0 spiro atoms. The molecule has 1 aliphatic rings. The second kappa shape index (κ2) is 6.18. The molecule has 21 heavy (non-hydrogen) atoms. The third-order valence-electron chi connectivity index (χ3n) is 3.88. The van der Waals surface area contributed by atoms with Crippen LogP contribution < -0.4 is 0 Å². The van der Waals surface area contributed by atoms with Crippen LogP contribution in [-0.2, 0) is 12.8 Å². The van der Waals surface area contributed by atoms with Gasteiger partial charge in [-0.1, -0.05) is 12.1 Å². The molecular formula is C16H20F3NO. The van der Waals surface area contributed by atoms with Gasteiger partial charge in [-0.3, -0.25) is 9.69 Å². The van der Waals surface area contributed by atoms with E-state index in [-0.39, 0.29) is 18.4 Å². The van der Waals surface area contributed by atoms with Gasteiger partial charge in [0.15, 0.2) is 5.78 Å². The summed E-state index contributed by atoms with van der Waals surface area (Å²) in [6.45, 7) is 2.08. The van der Waals surface area contributed by atoms with Gasteiger partial charge in [-0.05, 0) is 50.3 Å². The summed E-state index contributed by atoms with van der Waals surface area (Å²) >= 11 is 0. The van der Waals surface area contributed by atoms with E-state index in [9.17, 15) is 18.0 Å². The van der Waals surface area contributed by atoms with Crippen molar-refractivity contribution in [2.75, 3.05) is 13.1 Å². The van der Waals surface area contributed by atoms with Crippen LogP contribution in [0, 0.1) is 0 Å². The summed E-state index contributed by atoms with van der Waals surface area (Å²) in [6, 6.07) is 5.18. The molecular weight excluding hydrogens is 279 g/mol. The highest BCUT2D eigenvalue weighted by molar-refractivity contribution is 5.97. The van der Waals surface area contributed by atoms with Crippen LogP contribution in [0.2, 0.25) is 0 Å². The van der Waals surface area contributed by atoms with Gasteiger partial charge in [-0.2, -0.15) is 13.2 Å². The molecule has 0 saturated carbocycles. The second-order valence-electron chi connectivity index (χ2n) is 5.87. The summed E-state index contributed by atoms with van der Waals surface area (Å²) in [5.74, 6) is -0.248. The zero-order chi connectivity index (χ0) is 15.6. The van der Waals surface area contributed by atoms with Crippen LogP contribution in [0.5, 0.6) is 0 Å². The van der Waals surface area contributed by atoms with E-state index in [1.807, 2.05) is 12.1 Å². The van der Waals surface area contributed by atoms with Crippen LogP contribution in [0.15, 0.2) is 18.2 Å². The van der Waals surface area contributed by atoms with E-state index < -0.39 is 12.7 Å². The van der Waals surface area contributed by atoms with Gasteiger partial charge in [0.2, 0.25) is 0 Å². The average molecular weight is 299 g/mol. The van der Waals surface area contributed by atoms with Crippen molar-refractivity contribution in [3.63, 3.8) is 0 Å². The number of ketones is 1. The highest BCUT2D eigenvalue weighted by atomic mass is 19.4. The Bertz CT molecular complexity index is 523. The summed E-state index contributed by atoms with van der Waals surface area (Å²) in [6.07, 6.45) is -1.23. The van der Waals surface area contributed by atoms with Gasteiger partial charge in [-0.25, -0.2) is 0 Å². The Morgan fingerprint density at radius 3 is 2.52 bits per heavy atom. The maximum absolute atomic E-state index is 12.5. The fraction of sp³-hybridized carbons (Fsp3) is 0.562. The van der Waals surface area contributed by atoms with Gasteiger partial charge in [-0.15, -0.1) is 0 Å². The quantitative estimate of drug-likeness (QED) is 0.774. The van der Waals surface area contributed by atoms with Gasteiger partial charge >= 0.3 is 6.18 Å². The van der Waals surface area contributed by atoms with E-state index in [1.54, 1.807) is 19.9 Å². The maximum atomic E-state index is 12.5. The van der Waals surface area contributed by atoms with Crippen LogP contribution in [-0.4, -0.2) is 36.0 Å². The number of carbonyl (C=O) groups is 1. The van der Waals surface area contributed by atoms with Gasteiger partial charge in [0.1, 0.15) is 0 Å². The fourth-order valence-electron chi connectivity index (χ4n) is 2.67. The van der Waals surface area contributed by atoms with E-state index in [1.165, 1.54) is 5.56 Å². The first kappa shape index (κ1) is 16.0. The molecule has 0 aliphatic heterocycles. The van der Waals surface area contributed by atoms with Crippen molar-refractivity contribution in [1.29, 1.82) is 0 Å². The van der Waals surface area contributed by atoms with E-state index in [0.717, 1.165) is 29.7 Å². The van der Waals surface area contributed by atoms with Crippen LogP contribution >= 0.6 is 0 Å². The number of halogens is 3.